The van der Waals surface area contributed by atoms with Crippen LogP contribution >= 0.6 is 22.9 Å². The highest BCUT2D eigenvalue weighted by Crippen LogP contribution is 2.30. The van der Waals surface area contributed by atoms with Gasteiger partial charge in [0.05, 0.1) is 17.1 Å². The van der Waals surface area contributed by atoms with Crippen molar-refractivity contribution in [3.8, 4) is 0 Å². The number of thiazole rings is 1. The second-order valence-corrected chi connectivity index (χ2v) is 5.16. The van der Waals surface area contributed by atoms with Crippen molar-refractivity contribution in [2.45, 2.75) is 12.8 Å². The van der Waals surface area contributed by atoms with Gasteiger partial charge in [0.25, 0.3) is 6.47 Å². The Morgan fingerprint density at radius 1 is 1.44 bits per heavy atom. The Hall–Kier alpha value is -1.39. The lowest BCUT2D eigenvalue weighted by atomic mass is 9.97. The molecule has 0 radical (unpaired) electrons. The van der Waals surface area contributed by atoms with Crippen LogP contribution in [-0.4, -0.2) is 18.1 Å². The molecule has 1 aromatic heterocycles. The van der Waals surface area contributed by atoms with E-state index in [4.69, 9.17) is 16.3 Å². The lowest BCUT2D eigenvalue weighted by molar-refractivity contribution is -0.128. The summed E-state index contributed by atoms with van der Waals surface area (Å²) in [6, 6.07) is 7.56. The Morgan fingerprint density at radius 2 is 2.17 bits per heavy atom. The third-order valence-electron chi connectivity index (χ3n) is 2.70. The first-order chi connectivity index (χ1) is 8.72. The minimum absolute atomic E-state index is 0.0139. The highest BCUT2D eigenvalue weighted by Gasteiger charge is 2.19. The van der Waals surface area contributed by atoms with Crippen LogP contribution in [0.1, 0.15) is 22.1 Å². The molecule has 0 amide bonds. The number of hydrogen-bond donors (Lipinski definition) is 0. The highest BCUT2D eigenvalue weighted by atomic mass is 35.5. The van der Waals surface area contributed by atoms with Gasteiger partial charge in [0.15, 0.2) is 0 Å². The van der Waals surface area contributed by atoms with E-state index in [-0.39, 0.29) is 5.92 Å². The number of aromatic nitrogens is 1. The van der Waals surface area contributed by atoms with Gasteiger partial charge in [-0.15, -0.1) is 11.3 Å². The molecule has 94 valence electrons. The molecule has 0 saturated heterocycles. The lowest BCUT2D eigenvalue weighted by Gasteiger charge is -2.15. The van der Waals surface area contributed by atoms with E-state index in [1.807, 2.05) is 31.2 Å². The zero-order valence-corrected chi connectivity index (χ0v) is 11.4. The first-order valence-electron chi connectivity index (χ1n) is 5.43. The molecule has 2 aromatic rings. The van der Waals surface area contributed by atoms with Gasteiger partial charge in [0.1, 0.15) is 6.61 Å². The smallest absolute Gasteiger partial charge is 0.293 e. The summed E-state index contributed by atoms with van der Waals surface area (Å²) in [6.07, 6.45) is 0. The van der Waals surface area contributed by atoms with E-state index in [0.29, 0.717) is 18.1 Å². The average Bonchev–Trinajstić information content (AvgIpc) is 2.78. The Balaban J connectivity index is 2.33. The van der Waals surface area contributed by atoms with Crippen molar-refractivity contribution in [2.24, 2.45) is 0 Å². The SMILES string of the molecule is Cc1ncsc1C(COC=O)c1ccc(Cl)cc1. The molecule has 0 aliphatic carbocycles. The highest BCUT2D eigenvalue weighted by molar-refractivity contribution is 7.09. The lowest BCUT2D eigenvalue weighted by Crippen LogP contribution is -2.09. The Labute approximate surface area is 114 Å². The van der Waals surface area contributed by atoms with E-state index in [9.17, 15) is 4.79 Å². The maximum absolute atomic E-state index is 10.4. The zero-order valence-electron chi connectivity index (χ0n) is 9.80. The summed E-state index contributed by atoms with van der Waals surface area (Å²) in [5, 5.41) is 0.690. The number of halogens is 1. The molecule has 1 atom stereocenters. The topological polar surface area (TPSA) is 39.2 Å². The molecule has 0 fully saturated rings. The minimum atomic E-state index is 0.0139. The first kappa shape index (κ1) is 13.1. The molecular formula is C13H12ClNO2S. The zero-order chi connectivity index (χ0) is 13.0. The molecule has 2 rings (SSSR count). The number of carbonyl (C=O) groups excluding carboxylic acids is 1. The molecule has 0 aliphatic heterocycles. The van der Waals surface area contributed by atoms with Crippen LogP contribution in [0.4, 0.5) is 0 Å². The van der Waals surface area contributed by atoms with Crippen molar-refractivity contribution in [1.82, 2.24) is 4.98 Å². The van der Waals surface area contributed by atoms with E-state index in [1.54, 1.807) is 16.8 Å². The van der Waals surface area contributed by atoms with Crippen molar-refractivity contribution in [3.63, 3.8) is 0 Å². The van der Waals surface area contributed by atoms with Gasteiger partial charge in [0, 0.05) is 9.90 Å². The summed E-state index contributed by atoms with van der Waals surface area (Å²) in [4.78, 5) is 15.7. The van der Waals surface area contributed by atoms with Gasteiger partial charge in [0.2, 0.25) is 0 Å². The fraction of sp³-hybridized carbons (Fsp3) is 0.231. The van der Waals surface area contributed by atoms with Gasteiger partial charge in [-0.1, -0.05) is 23.7 Å². The molecule has 5 heteroatoms. The largest absolute Gasteiger partial charge is 0.467 e. The maximum atomic E-state index is 10.4. The third-order valence-corrected chi connectivity index (χ3v) is 4.00. The summed E-state index contributed by atoms with van der Waals surface area (Å²) in [7, 11) is 0. The minimum Gasteiger partial charge on any atom is -0.467 e. The summed E-state index contributed by atoms with van der Waals surface area (Å²) >= 11 is 7.45. The molecule has 1 heterocycles. The second kappa shape index (κ2) is 5.98. The van der Waals surface area contributed by atoms with E-state index >= 15 is 0 Å². The fourth-order valence-electron chi connectivity index (χ4n) is 1.80. The predicted molar refractivity (Wildman–Crippen MR) is 72.2 cm³/mol. The molecule has 0 bridgehead atoms. The van der Waals surface area contributed by atoms with E-state index < -0.39 is 0 Å². The quantitative estimate of drug-likeness (QED) is 0.789. The van der Waals surface area contributed by atoms with Gasteiger partial charge in [-0.2, -0.15) is 0 Å². The van der Waals surface area contributed by atoms with Gasteiger partial charge >= 0.3 is 0 Å². The van der Waals surface area contributed by atoms with Gasteiger partial charge in [-0.05, 0) is 24.6 Å². The molecule has 18 heavy (non-hydrogen) atoms. The molecule has 0 aliphatic rings. The standard InChI is InChI=1S/C13H12ClNO2S/c1-9-13(18-7-15-9)12(6-17-8-16)10-2-4-11(14)5-3-10/h2-5,7-8,12H,6H2,1H3. The normalized spacial score (nSPS) is 12.1. The van der Waals surface area contributed by atoms with Crippen molar-refractivity contribution < 1.29 is 9.53 Å². The number of nitrogens with zero attached hydrogens (tertiary/aromatic N) is 1. The van der Waals surface area contributed by atoms with Crippen LogP contribution < -0.4 is 0 Å². The van der Waals surface area contributed by atoms with Crippen molar-refractivity contribution in [3.05, 3.63) is 50.9 Å². The van der Waals surface area contributed by atoms with Crippen LogP contribution in [0.5, 0.6) is 0 Å². The maximum Gasteiger partial charge on any atom is 0.293 e. The summed E-state index contributed by atoms with van der Waals surface area (Å²) in [5.74, 6) is 0.0139. The first-order valence-corrected chi connectivity index (χ1v) is 6.69. The predicted octanol–water partition coefficient (Wildman–Crippen LogP) is 3.41. The molecular weight excluding hydrogens is 270 g/mol. The van der Waals surface area contributed by atoms with Crippen LogP contribution in [0.25, 0.3) is 0 Å². The number of carbonyl (C=O) groups is 1. The molecule has 0 N–H and O–H groups in total. The molecule has 3 nitrogen and oxygen atoms in total. The van der Waals surface area contributed by atoms with Gasteiger partial charge in [-0.3, -0.25) is 4.79 Å². The third kappa shape index (κ3) is 2.89. The Morgan fingerprint density at radius 3 is 2.72 bits per heavy atom. The fourth-order valence-corrected chi connectivity index (χ4v) is 2.84. The van der Waals surface area contributed by atoms with Crippen LogP contribution in [0.3, 0.4) is 0 Å². The van der Waals surface area contributed by atoms with Gasteiger partial charge < -0.3 is 4.74 Å². The van der Waals surface area contributed by atoms with Crippen LogP contribution in [0, 0.1) is 6.92 Å². The van der Waals surface area contributed by atoms with Crippen LogP contribution in [0.2, 0.25) is 5.02 Å². The van der Waals surface area contributed by atoms with Crippen molar-refractivity contribution in [1.29, 1.82) is 0 Å². The van der Waals surface area contributed by atoms with E-state index in [2.05, 4.69) is 4.98 Å². The van der Waals surface area contributed by atoms with Crippen molar-refractivity contribution >= 4 is 29.4 Å². The van der Waals surface area contributed by atoms with E-state index in [1.165, 1.54) is 0 Å². The molecule has 0 saturated carbocycles. The Bertz CT molecular complexity index is 524. The number of hydrogen-bond acceptors (Lipinski definition) is 4. The molecule has 1 aromatic carbocycles. The van der Waals surface area contributed by atoms with E-state index in [0.717, 1.165) is 16.1 Å². The molecule has 1 unspecified atom stereocenters. The summed E-state index contributed by atoms with van der Waals surface area (Å²) in [5.41, 5.74) is 3.83. The number of benzene rings is 1. The average molecular weight is 282 g/mol. The second-order valence-electron chi connectivity index (χ2n) is 3.84. The molecule has 0 spiro atoms. The summed E-state index contributed by atoms with van der Waals surface area (Å²) < 4.78 is 4.92. The number of rotatable bonds is 5. The van der Waals surface area contributed by atoms with Crippen LogP contribution in [-0.2, 0) is 9.53 Å². The van der Waals surface area contributed by atoms with Gasteiger partial charge in [-0.25, -0.2) is 4.98 Å². The Kier molecular flexibility index (Phi) is 4.33. The number of ether oxygens (including phenoxy) is 1. The van der Waals surface area contributed by atoms with Crippen LogP contribution in [0.15, 0.2) is 29.8 Å². The summed E-state index contributed by atoms with van der Waals surface area (Å²) in [6.45, 7) is 2.74. The number of aryl methyl sites for hydroxylation is 1. The monoisotopic (exact) mass is 281 g/mol. The van der Waals surface area contributed by atoms with Crippen molar-refractivity contribution in [2.75, 3.05) is 6.61 Å².